The number of rotatable bonds is 8. The maximum atomic E-state index is 11.9. The molecule has 25 heavy (non-hydrogen) atoms. The second kappa shape index (κ2) is 13.8. The average Bonchev–Trinajstić information content (AvgIpc) is 2.55. The predicted octanol–water partition coefficient (Wildman–Crippen LogP) is 4.71. The van der Waals surface area contributed by atoms with Crippen molar-refractivity contribution in [3.63, 3.8) is 0 Å². The molecule has 0 aliphatic heterocycles. The standard InChI is InChI=1S/C18H34N2O2.2CH3.Ti/c1-5-9-16(21)19-14-11-15(20-17(22)10-6-2)13-18(7-3,8-4)12-14;;;/h14-15H,5-13H2,1-4H3,(H,19,21)(H,20,22);2*1H3;. The van der Waals surface area contributed by atoms with E-state index in [0.29, 0.717) is 32.0 Å². The molecule has 2 unspecified atom stereocenters. The van der Waals surface area contributed by atoms with E-state index in [1.165, 1.54) is 0 Å². The van der Waals surface area contributed by atoms with Gasteiger partial charge in [0.05, 0.1) is 0 Å². The van der Waals surface area contributed by atoms with Crippen molar-refractivity contribution in [1.82, 2.24) is 10.6 Å². The average molecular weight is 388 g/mol. The van der Waals surface area contributed by atoms with Gasteiger partial charge in [0.2, 0.25) is 11.8 Å². The van der Waals surface area contributed by atoms with Gasteiger partial charge < -0.3 is 10.6 Å². The first kappa shape index (κ1) is 24.7. The maximum absolute atomic E-state index is 11.9. The predicted molar refractivity (Wildman–Crippen MR) is 102 cm³/mol. The van der Waals surface area contributed by atoms with Crippen LogP contribution in [0.2, 0.25) is 10.5 Å². The van der Waals surface area contributed by atoms with Crippen molar-refractivity contribution in [1.29, 1.82) is 0 Å². The third kappa shape index (κ3) is 9.79. The molecule has 0 bridgehead atoms. The normalized spacial score (nSPS) is 21.5. The second-order valence-electron chi connectivity index (χ2n) is 7.38. The zero-order valence-electron chi connectivity index (χ0n) is 17.3. The summed E-state index contributed by atoms with van der Waals surface area (Å²) in [6.07, 6.45) is 8.08. The van der Waals surface area contributed by atoms with Gasteiger partial charge in [-0.1, -0.05) is 40.5 Å². The van der Waals surface area contributed by atoms with E-state index in [0.717, 1.165) is 44.9 Å². The van der Waals surface area contributed by atoms with E-state index in [-0.39, 0.29) is 29.3 Å². The third-order valence-electron chi connectivity index (χ3n) is 5.11. The molecule has 1 aliphatic carbocycles. The Morgan fingerprint density at radius 3 is 1.52 bits per heavy atom. The summed E-state index contributed by atoms with van der Waals surface area (Å²) in [5.74, 6) is 0.295. The van der Waals surface area contributed by atoms with E-state index < -0.39 is 0 Å². The zero-order valence-corrected chi connectivity index (χ0v) is 18.9. The molecule has 0 heterocycles. The monoisotopic (exact) mass is 388 g/mol. The van der Waals surface area contributed by atoms with Gasteiger partial charge in [-0.3, -0.25) is 9.59 Å². The Kier molecular flexibility index (Phi) is 13.6. The van der Waals surface area contributed by atoms with Crippen LogP contribution in [-0.4, -0.2) is 23.9 Å². The van der Waals surface area contributed by atoms with E-state index in [1.54, 1.807) is 0 Å². The Morgan fingerprint density at radius 2 is 1.24 bits per heavy atom. The molecule has 0 radical (unpaired) electrons. The van der Waals surface area contributed by atoms with Gasteiger partial charge in [-0.25, -0.2) is 0 Å². The molecule has 1 fully saturated rings. The number of carbonyl (C=O) groups excluding carboxylic acids is 2. The molecule has 2 amide bonds. The van der Waals surface area contributed by atoms with Gasteiger partial charge in [-0.05, 0) is 37.5 Å². The summed E-state index contributed by atoms with van der Waals surface area (Å²) < 4.78 is 0. The van der Waals surface area contributed by atoms with Crippen LogP contribution in [0.4, 0.5) is 0 Å². The van der Waals surface area contributed by atoms with Gasteiger partial charge in [0.15, 0.2) is 0 Å². The number of carbonyl (C=O) groups is 2. The fourth-order valence-corrected chi connectivity index (χ4v) is 3.74. The van der Waals surface area contributed by atoms with Gasteiger partial charge in [0.1, 0.15) is 0 Å². The van der Waals surface area contributed by atoms with Crippen molar-refractivity contribution in [2.45, 2.75) is 108 Å². The Bertz CT molecular complexity index is 354. The first-order valence-corrected chi connectivity index (χ1v) is 13.2. The van der Waals surface area contributed by atoms with Crippen molar-refractivity contribution < 1.29 is 28.7 Å². The van der Waals surface area contributed by atoms with Crippen molar-refractivity contribution in [2.75, 3.05) is 0 Å². The first-order chi connectivity index (χ1) is 11.9. The Labute approximate surface area is 164 Å². The van der Waals surface area contributed by atoms with Crippen molar-refractivity contribution in [3.05, 3.63) is 0 Å². The molecule has 0 aromatic heterocycles. The van der Waals surface area contributed by atoms with Crippen LogP contribution < -0.4 is 10.6 Å². The van der Waals surface area contributed by atoms with Crippen molar-refractivity contribution in [3.8, 4) is 0 Å². The van der Waals surface area contributed by atoms with Crippen LogP contribution in [0.25, 0.3) is 0 Å². The van der Waals surface area contributed by atoms with Crippen LogP contribution in [0.5, 0.6) is 0 Å². The molecular weight excluding hydrogens is 348 g/mol. The number of nitrogens with one attached hydrogen (secondary N) is 2. The van der Waals surface area contributed by atoms with E-state index in [1.807, 2.05) is 13.8 Å². The molecule has 0 aromatic rings. The summed E-state index contributed by atoms with van der Waals surface area (Å²) >= 11 is 0.500. The fourth-order valence-electron chi connectivity index (χ4n) is 3.74. The molecule has 5 heteroatoms. The summed E-state index contributed by atoms with van der Waals surface area (Å²) in [4.78, 5) is 23.9. The molecule has 0 aromatic carbocycles. The van der Waals surface area contributed by atoms with Crippen LogP contribution in [-0.2, 0) is 28.7 Å². The molecule has 1 rings (SSSR count). The molecule has 1 aliphatic rings. The molecule has 146 valence electrons. The minimum atomic E-state index is 0.147. The Hall–Kier alpha value is -0.346. The SMILES string of the molecule is CCCC(=O)NC1CC(NC(=O)CCC)CC(CC)(CC)C1.[CH3][Ti][CH3]. The van der Waals surface area contributed by atoms with Crippen molar-refractivity contribution >= 4 is 11.8 Å². The summed E-state index contributed by atoms with van der Waals surface area (Å²) in [6.45, 7) is 8.50. The third-order valence-corrected chi connectivity index (χ3v) is 5.11. The molecule has 0 spiro atoms. The number of amides is 2. The van der Waals surface area contributed by atoms with E-state index >= 15 is 0 Å². The number of hydrogen-bond acceptors (Lipinski definition) is 2. The van der Waals surface area contributed by atoms with E-state index in [4.69, 9.17) is 0 Å². The quantitative estimate of drug-likeness (QED) is 0.592. The van der Waals surface area contributed by atoms with Crippen molar-refractivity contribution in [2.24, 2.45) is 5.41 Å². The molecule has 4 nitrogen and oxygen atoms in total. The van der Waals surface area contributed by atoms with Gasteiger partial charge in [0.25, 0.3) is 0 Å². The fraction of sp³-hybridized carbons (Fsp3) is 0.900. The van der Waals surface area contributed by atoms with Crippen LogP contribution in [0, 0.1) is 5.41 Å². The molecular formula is C20H40N2O2Ti. The summed E-state index contributed by atoms with van der Waals surface area (Å²) in [6, 6.07) is 0.388. The minimum absolute atomic E-state index is 0.147. The summed E-state index contributed by atoms with van der Waals surface area (Å²) in [5.41, 5.74) is 0.243. The molecule has 0 saturated heterocycles. The molecule has 1 saturated carbocycles. The number of hydrogen-bond donors (Lipinski definition) is 2. The zero-order chi connectivity index (χ0) is 19.3. The van der Waals surface area contributed by atoms with Gasteiger partial charge >= 0.3 is 29.6 Å². The van der Waals surface area contributed by atoms with Crippen LogP contribution in [0.3, 0.4) is 0 Å². The summed E-state index contributed by atoms with van der Waals surface area (Å²) in [7, 11) is 0. The molecule has 2 N–H and O–H groups in total. The van der Waals surface area contributed by atoms with Crippen LogP contribution in [0.1, 0.15) is 85.5 Å². The first-order valence-electron chi connectivity index (χ1n) is 10.1. The topological polar surface area (TPSA) is 58.2 Å². The van der Waals surface area contributed by atoms with Gasteiger partial charge in [-0.15, -0.1) is 0 Å². The van der Waals surface area contributed by atoms with Crippen LogP contribution in [0.15, 0.2) is 0 Å². The molecule has 2 atom stereocenters. The van der Waals surface area contributed by atoms with Crippen LogP contribution >= 0.6 is 0 Å². The Morgan fingerprint density at radius 1 is 0.880 bits per heavy atom. The summed E-state index contributed by atoms with van der Waals surface area (Å²) in [5, 5.41) is 10.9. The Balaban J connectivity index is 0.00000178. The van der Waals surface area contributed by atoms with E-state index in [2.05, 4.69) is 34.9 Å². The van der Waals surface area contributed by atoms with E-state index in [9.17, 15) is 9.59 Å². The van der Waals surface area contributed by atoms with Gasteiger partial charge in [0, 0.05) is 24.9 Å². The second-order valence-corrected chi connectivity index (χ2v) is 8.94. The van der Waals surface area contributed by atoms with Gasteiger partial charge in [-0.2, -0.15) is 0 Å².